The zero-order chi connectivity index (χ0) is 25.0. The Balaban J connectivity index is 1.36. The molecule has 0 unspecified atom stereocenters. The van der Waals surface area contributed by atoms with Crippen molar-refractivity contribution >= 4 is 28.9 Å². The van der Waals surface area contributed by atoms with Gasteiger partial charge in [-0.25, -0.2) is 9.37 Å². The lowest BCUT2D eigenvalue weighted by Crippen LogP contribution is -2.46. The largest absolute Gasteiger partial charge is 0.444 e. The highest BCUT2D eigenvalue weighted by molar-refractivity contribution is 8.00. The number of nitrogens with one attached hydrogen (secondary N) is 2. The maximum Gasteiger partial charge on any atom is 0.299 e. The van der Waals surface area contributed by atoms with E-state index in [0.29, 0.717) is 52.2 Å². The van der Waals surface area contributed by atoms with Crippen molar-refractivity contribution < 1.29 is 22.4 Å². The van der Waals surface area contributed by atoms with Crippen molar-refractivity contribution in [3.63, 3.8) is 0 Å². The molecule has 3 aliphatic rings. The van der Waals surface area contributed by atoms with E-state index in [1.165, 1.54) is 6.26 Å². The fraction of sp³-hybridized carbons (Fsp3) is 0.520. The highest BCUT2D eigenvalue weighted by atomic mass is 32.2. The fourth-order valence-corrected chi connectivity index (χ4v) is 6.00. The Morgan fingerprint density at radius 2 is 2.14 bits per heavy atom. The maximum absolute atomic E-state index is 14.8. The van der Waals surface area contributed by atoms with Gasteiger partial charge in [0, 0.05) is 31.1 Å². The summed E-state index contributed by atoms with van der Waals surface area (Å²) in [6, 6.07) is 5.11. The van der Waals surface area contributed by atoms with E-state index < -0.39 is 11.4 Å². The number of anilines is 1. The molecule has 2 aliphatic heterocycles. The number of aryl methyl sites for hydroxylation is 1. The summed E-state index contributed by atoms with van der Waals surface area (Å²) in [4.78, 5) is 18.4. The molecule has 2 fully saturated rings. The minimum Gasteiger partial charge on any atom is -0.444 e. The number of alkyl halides is 3. The van der Waals surface area contributed by atoms with Gasteiger partial charge in [0.15, 0.2) is 0 Å². The molecule has 11 heteroatoms. The van der Waals surface area contributed by atoms with Crippen LogP contribution in [-0.4, -0.2) is 57.8 Å². The predicted molar refractivity (Wildman–Crippen MR) is 131 cm³/mol. The van der Waals surface area contributed by atoms with Crippen LogP contribution in [0.4, 0.5) is 18.9 Å². The van der Waals surface area contributed by atoms with Gasteiger partial charge in [0.2, 0.25) is 11.8 Å². The Morgan fingerprint density at radius 1 is 1.31 bits per heavy atom. The van der Waals surface area contributed by atoms with E-state index in [0.717, 1.165) is 25.1 Å². The first-order chi connectivity index (χ1) is 17.3. The van der Waals surface area contributed by atoms with Crippen molar-refractivity contribution in [2.24, 2.45) is 5.92 Å². The zero-order valence-corrected chi connectivity index (χ0v) is 20.7. The van der Waals surface area contributed by atoms with Crippen molar-refractivity contribution in [1.82, 2.24) is 19.6 Å². The second-order valence-corrected chi connectivity index (χ2v) is 11.2. The smallest absolute Gasteiger partial charge is 0.299 e. The predicted octanol–water partition coefficient (Wildman–Crippen LogP) is 4.71. The third kappa shape index (κ3) is 4.58. The average Bonchev–Trinajstić information content (AvgIpc) is 3.51. The Hall–Kier alpha value is -2.66. The van der Waals surface area contributed by atoms with Gasteiger partial charge in [0.05, 0.1) is 40.1 Å². The molecule has 2 N–H and O–H groups in total. The normalized spacial score (nSPS) is 24.0. The number of hydrogen-bond donors (Lipinski definition) is 2. The SMILES string of the molecule is CN1CC[C@@H](Nc2ccc3n4c(c(-c5nc(CNC(=O)C6CC6)co5)cc24)SC(F)(F)CC3)[C@@H](F)C1. The summed E-state index contributed by atoms with van der Waals surface area (Å²) in [5.74, 6) is 0.295. The lowest BCUT2D eigenvalue weighted by Gasteiger charge is -2.33. The van der Waals surface area contributed by atoms with Gasteiger partial charge in [-0.3, -0.25) is 4.79 Å². The molecule has 0 bridgehead atoms. The van der Waals surface area contributed by atoms with Crippen molar-refractivity contribution in [3.8, 4) is 11.5 Å². The zero-order valence-electron chi connectivity index (χ0n) is 19.9. The molecule has 7 nitrogen and oxygen atoms in total. The molecule has 192 valence electrons. The van der Waals surface area contributed by atoms with E-state index in [2.05, 4.69) is 15.6 Å². The number of halogens is 3. The second-order valence-electron chi connectivity index (χ2n) is 10.0. The van der Waals surface area contributed by atoms with E-state index in [9.17, 15) is 18.0 Å². The molecular weight excluding hydrogens is 491 g/mol. The molecule has 1 saturated heterocycles. The Kier molecular flexibility index (Phi) is 5.94. The Labute approximate surface area is 210 Å². The van der Waals surface area contributed by atoms with Crippen molar-refractivity contribution in [3.05, 3.63) is 35.9 Å². The highest BCUT2D eigenvalue weighted by Gasteiger charge is 2.37. The van der Waals surface area contributed by atoms with Gasteiger partial charge in [-0.2, -0.15) is 8.78 Å². The number of piperidine rings is 1. The first kappa shape index (κ1) is 23.7. The molecule has 3 aromatic heterocycles. The lowest BCUT2D eigenvalue weighted by atomic mass is 10.0. The van der Waals surface area contributed by atoms with Gasteiger partial charge in [-0.1, -0.05) is 0 Å². The molecule has 1 aliphatic carbocycles. The molecule has 6 rings (SSSR count). The molecule has 2 atom stereocenters. The van der Waals surface area contributed by atoms with Crippen LogP contribution in [-0.2, 0) is 17.8 Å². The number of likely N-dealkylation sites (tertiary alicyclic amines) is 1. The molecule has 5 heterocycles. The van der Waals surface area contributed by atoms with E-state index in [1.807, 2.05) is 28.5 Å². The number of carbonyl (C=O) groups is 1. The third-order valence-corrected chi connectivity index (χ3v) is 8.24. The minimum absolute atomic E-state index is 0.00337. The Bertz CT molecular complexity index is 1300. The minimum atomic E-state index is -2.96. The van der Waals surface area contributed by atoms with Crippen LogP contribution in [0.5, 0.6) is 0 Å². The van der Waals surface area contributed by atoms with Crippen LogP contribution >= 0.6 is 11.8 Å². The van der Waals surface area contributed by atoms with Gasteiger partial charge >= 0.3 is 0 Å². The molecule has 0 aromatic carbocycles. The molecule has 1 amide bonds. The summed E-state index contributed by atoms with van der Waals surface area (Å²) in [6.07, 6.45) is 2.79. The van der Waals surface area contributed by atoms with Gasteiger partial charge in [0.1, 0.15) is 12.4 Å². The second kappa shape index (κ2) is 9.02. The number of pyridine rings is 1. The van der Waals surface area contributed by atoms with E-state index in [4.69, 9.17) is 4.42 Å². The molecule has 36 heavy (non-hydrogen) atoms. The fourth-order valence-electron chi connectivity index (χ4n) is 4.95. The summed E-state index contributed by atoms with van der Waals surface area (Å²) < 4.78 is 51.8. The lowest BCUT2D eigenvalue weighted by molar-refractivity contribution is -0.122. The molecule has 0 radical (unpaired) electrons. The van der Waals surface area contributed by atoms with Crippen molar-refractivity contribution in [2.75, 3.05) is 25.5 Å². The first-order valence-electron chi connectivity index (χ1n) is 12.3. The van der Waals surface area contributed by atoms with Crippen molar-refractivity contribution in [1.29, 1.82) is 0 Å². The van der Waals surface area contributed by atoms with Crippen LogP contribution in [0.2, 0.25) is 0 Å². The summed E-state index contributed by atoms with van der Waals surface area (Å²) in [5.41, 5.74) is 3.12. The number of hydrogen-bond acceptors (Lipinski definition) is 6. The van der Waals surface area contributed by atoms with Crippen LogP contribution < -0.4 is 10.6 Å². The van der Waals surface area contributed by atoms with Crippen LogP contribution in [0, 0.1) is 5.92 Å². The maximum atomic E-state index is 14.8. The van der Waals surface area contributed by atoms with Crippen LogP contribution in [0.3, 0.4) is 0 Å². The van der Waals surface area contributed by atoms with E-state index >= 15 is 0 Å². The topological polar surface area (TPSA) is 74.8 Å². The third-order valence-electron chi connectivity index (χ3n) is 7.14. The number of thioether (sulfide) groups is 1. The van der Waals surface area contributed by atoms with Crippen molar-refractivity contribution in [2.45, 2.75) is 61.1 Å². The van der Waals surface area contributed by atoms with Gasteiger partial charge < -0.3 is 24.4 Å². The number of amides is 1. The molecule has 1 saturated carbocycles. The number of aromatic nitrogens is 2. The van der Waals surface area contributed by atoms with Crippen LogP contribution in [0.25, 0.3) is 17.0 Å². The number of carbonyl (C=O) groups excluding carboxylic acids is 1. The number of rotatable bonds is 6. The van der Waals surface area contributed by atoms with Gasteiger partial charge in [-0.05, 0) is 62.7 Å². The number of oxazole rings is 1. The summed E-state index contributed by atoms with van der Waals surface area (Å²) in [6.45, 7) is 1.35. The van der Waals surface area contributed by atoms with E-state index in [1.54, 1.807) is 6.07 Å². The van der Waals surface area contributed by atoms with Crippen LogP contribution in [0.15, 0.2) is 33.9 Å². The summed E-state index contributed by atoms with van der Waals surface area (Å²) >= 11 is 0.502. The Morgan fingerprint density at radius 3 is 2.92 bits per heavy atom. The molecule has 0 spiro atoms. The molecular formula is C25H28F3N5O2S. The van der Waals surface area contributed by atoms with Gasteiger partial charge in [0.25, 0.3) is 5.25 Å². The molecule has 3 aromatic rings. The first-order valence-corrected chi connectivity index (χ1v) is 13.1. The quantitative estimate of drug-likeness (QED) is 0.492. The summed E-state index contributed by atoms with van der Waals surface area (Å²) in [7, 11) is 1.90. The van der Waals surface area contributed by atoms with Gasteiger partial charge in [-0.15, -0.1) is 0 Å². The van der Waals surface area contributed by atoms with E-state index in [-0.39, 0.29) is 43.1 Å². The number of nitrogens with zero attached hydrogens (tertiary/aromatic N) is 3. The average molecular weight is 520 g/mol. The standard InChI is InChI=1S/C25H28F3N5O2S/c1-32-9-7-19(18(26)12-32)31-20-5-4-16-6-8-25(27,28)36-24-17(10-21(20)33(16)24)23-30-15(13-35-23)11-29-22(34)14-2-3-14/h4-5,10,13-14,18-19,31H,2-3,6-9,11-12H2,1H3,(H,29,34)/t18-,19+/m0/s1. The summed E-state index contributed by atoms with van der Waals surface area (Å²) in [5, 5.41) is 3.58. The monoisotopic (exact) mass is 519 g/mol. The highest BCUT2D eigenvalue weighted by Crippen LogP contribution is 2.48. The van der Waals surface area contributed by atoms with Crippen LogP contribution in [0.1, 0.15) is 37.1 Å².